The highest BCUT2D eigenvalue weighted by atomic mass is 79.9. The van der Waals surface area contributed by atoms with Gasteiger partial charge < -0.3 is 10.1 Å². The number of H-pyrrole nitrogens is 1. The fourth-order valence-corrected chi connectivity index (χ4v) is 2.41. The van der Waals surface area contributed by atoms with Crippen LogP contribution in [0.4, 0.5) is 0 Å². The van der Waals surface area contributed by atoms with E-state index in [1.807, 2.05) is 0 Å². The summed E-state index contributed by atoms with van der Waals surface area (Å²) in [5.41, 5.74) is 1.21. The van der Waals surface area contributed by atoms with E-state index in [0.717, 1.165) is 10.9 Å². The lowest BCUT2D eigenvalue weighted by Gasteiger charge is -2.04. The average molecular weight is 331 g/mol. The Hall–Kier alpha value is -1.33. The number of halogens is 2. The summed E-state index contributed by atoms with van der Waals surface area (Å²) in [5.74, 6) is -1.28. The Kier molecular flexibility index (Phi) is 3.73. The van der Waals surface area contributed by atoms with E-state index in [2.05, 4.69) is 20.9 Å². The van der Waals surface area contributed by atoms with Gasteiger partial charge in [-0.05, 0) is 12.1 Å². The number of hydrogen-bond donors (Lipinski definition) is 2. The van der Waals surface area contributed by atoms with E-state index in [1.165, 1.54) is 0 Å². The van der Waals surface area contributed by atoms with Crippen molar-refractivity contribution in [2.45, 2.75) is 11.2 Å². The van der Waals surface area contributed by atoms with E-state index in [4.69, 9.17) is 16.7 Å². The molecule has 1 heterocycles. The summed E-state index contributed by atoms with van der Waals surface area (Å²) in [4.78, 5) is 24.9. The van der Waals surface area contributed by atoms with Crippen LogP contribution in [0.5, 0.6) is 0 Å². The third kappa shape index (κ3) is 2.57. The van der Waals surface area contributed by atoms with Crippen molar-refractivity contribution in [1.29, 1.82) is 0 Å². The highest BCUT2D eigenvalue weighted by molar-refractivity contribution is 9.10. The van der Waals surface area contributed by atoms with Gasteiger partial charge in [0.1, 0.15) is 0 Å². The molecule has 0 aliphatic heterocycles. The number of benzene rings is 1. The molecule has 2 rings (SSSR count). The number of carboxylic acid groups (broad SMARTS) is 1. The summed E-state index contributed by atoms with van der Waals surface area (Å²) in [6.45, 7) is 0. The number of rotatable bonds is 4. The first kappa shape index (κ1) is 13.1. The van der Waals surface area contributed by atoms with Gasteiger partial charge in [0.25, 0.3) is 0 Å². The first-order valence-electron chi connectivity index (χ1n) is 5.15. The minimum Gasteiger partial charge on any atom is -0.481 e. The van der Waals surface area contributed by atoms with Gasteiger partial charge in [-0.3, -0.25) is 9.59 Å². The van der Waals surface area contributed by atoms with Crippen LogP contribution in [0.1, 0.15) is 16.8 Å². The molecule has 2 N–H and O–H groups in total. The standard InChI is InChI=1S/C12H9BrClNO3/c13-9(4-11(16)17)12(18)8-5-15-10-3-6(14)1-2-7(8)10/h1-3,5,9,15H,4H2,(H,16,17). The molecule has 0 saturated carbocycles. The maximum atomic E-state index is 12.1. The van der Waals surface area contributed by atoms with Crippen molar-refractivity contribution < 1.29 is 14.7 Å². The van der Waals surface area contributed by atoms with E-state index in [0.29, 0.717) is 10.6 Å². The van der Waals surface area contributed by atoms with Gasteiger partial charge in [-0.1, -0.05) is 33.6 Å². The van der Waals surface area contributed by atoms with E-state index in [1.54, 1.807) is 24.4 Å². The molecule has 4 nitrogen and oxygen atoms in total. The number of fused-ring (bicyclic) bond motifs is 1. The minimum atomic E-state index is -1.02. The second-order valence-electron chi connectivity index (χ2n) is 3.82. The Morgan fingerprint density at radius 3 is 2.83 bits per heavy atom. The van der Waals surface area contributed by atoms with Gasteiger partial charge >= 0.3 is 5.97 Å². The van der Waals surface area contributed by atoms with Crippen LogP contribution >= 0.6 is 27.5 Å². The fourth-order valence-electron chi connectivity index (χ4n) is 1.72. The molecule has 94 valence electrons. The lowest BCUT2D eigenvalue weighted by atomic mass is 10.1. The van der Waals surface area contributed by atoms with Crippen molar-refractivity contribution >= 4 is 50.2 Å². The molecule has 6 heteroatoms. The summed E-state index contributed by atoms with van der Waals surface area (Å²) in [5, 5.41) is 9.98. The normalized spacial score (nSPS) is 12.6. The first-order valence-corrected chi connectivity index (χ1v) is 6.45. The molecular weight excluding hydrogens is 321 g/mol. The number of ketones is 1. The average Bonchev–Trinajstić information content (AvgIpc) is 2.69. The number of hydrogen-bond acceptors (Lipinski definition) is 2. The van der Waals surface area contributed by atoms with Crippen LogP contribution in [-0.2, 0) is 4.79 Å². The van der Waals surface area contributed by atoms with Crippen molar-refractivity contribution in [3.05, 3.63) is 35.0 Å². The van der Waals surface area contributed by atoms with E-state index in [9.17, 15) is 9.59 Å². The Bertz CT molecular complexity index is 623. The zero-order valence-electron chi connectivity index (χ0n) is 9.11. The first-order chi connectivity index (χ1) is 8.49. The number of aliphatic carboxylic acids is 1. The van der Waals surface area contributed by atoms with E-state index >= 15 is 0 Å². The van der Waals surface area contributed by atoms with E-state index in [-0.39, 0.29) is 12.2 Å². The third-order valence-corrected chi connectivity index (χ3v) is 3.52. The number of nitrogens with one attached hydrogen (secondary N) is 1. The second kappa shape index (κ2) is 5.12. The molecule has 0 amide bonds. The van der Waals surface area contributed by atoms with Crippen LogP contribution in [0, 0.1) is 0 Å². The van der Waals surface area contributed by atoms with Crippen molar-refractivity contribution in [3.63, 3.8) is 0 Å². The Morgan fingerprint density at radius 1 is 1.44 bits per heavy atom. The number of Topliss-reactive ketones (excluding diaryl/α,β-unsaturated/α-hetero) is 1. The predicted octanol–water partition coefficient (Wildman–Crippen LogP) is 3.24. The molecule has 1 aromatic carbocycles. The lowest BCUT2D eigenvalue weighted by Crippen LogP contribution is -2.17. The number of carbonyl (C=O) groups excluding carboxylic acids is 1. The van der Waals surface area contributed by atoms with Gasteiger partial charge in [0.15, 0.2) is 5.78 Å². The molecule has 0 saturated heterocycles. The van der Waals surface area contributed by atoms with Crippen molar-refractivity contribution in [3.8, 4) is 0 Å². The number of carboxylic acids is 1. The third-order valence-electron chi connectivity index (χ3n) is 2.55. The second-order valence-corrected chi connectivity index (χ2v) is 5.36. The fraction of sp³-hybridized carbons (Fsp3) is 0.167. The topological polar surface area (TPSA) is 70.2 Å². The van der Waals surface area contributed by atoms with Crippen molar-refractivity contribution in [1.82, 2.24) is 4.98 Å². The van der Waals surface area contributed by atoms with Crippen LogP contribution in [0.3, 0.4) is 0 Å². The summed E-state index contributed by atoms with van der Waals surface area (Å²) in [6, 6.07) is 5.14. The van der Waals surface area contributed by atoms with Crippen LogP contribution in [0.15, 0.2) is 24.4 Å². The van der Waals surface area contributed by atoms with Gasteiger partial charge in [-0.25, -0.2) is 0 Å². The van der Waals surface area contributed by atoms with Crippen molar-refractivity contribution in [2.24, 2.45) is 0 Å². The molecule has 2 aromatic rings. The lowest BCUT2D eigenvalue weighted by molar-refractivity contribution is -0.136. The van der Waals surface area contributed by atoms with Crippen LogP contribution in [0.25, 0.3) is 10.9 Å². The van der Waals surface area contributed by atoms with E-state index < -0.39 is 10.8 Å². The summed E-state index contributed by atoms with van der Waals surface area (Å²) < 4.78 is 0. The van der Waals surface area contributed by atoms with Gasteiger partial charge in [0.2, 0.25) is 0 Å². The highest BCUT2D eigenvalue weighted by Crippen LogP contribution is 2.25. The maximum Gasteiger partial charge on any atom is 0.304 e. The zero-order valence-corrected chi connectivity index (χ0v) is 11.5. The molecule has 0 bridgehead atoms. The monoisotopic (exact) mass is 329 g/mol. The number of aromatic amines is 1. The van der Waals surface area contributed by atoms with Gasteiger partial charge in [-0.15, -0.1) is 0 Å². The van der Waals surface area contributed by atoms with Gasteiger partial charge in [-0.2, -0.15) is 0 Å². The zero-order chi connectivity index (χ0) is 13.3. The minimum absolute atomic E-state index is 0.251. The smallest absolute Gasteiger partial charge is 0.304 e. The van der Waals surface area contributed by atoms with Crippen molar-refractivity contribution in [2.75, 3.05) is 0 Å². The predicted molar refractivity (Wildman–Crippen MR) is 72.6 cm³/mol. The van der Waals surface area contributed by atoms with Gasteiger partial charge in [0, 0.05) is 27.7 Å². The quantitative estimate of drug-likeness (QED) is 0.668. The van der Waals surface area contributed by atoms with Crippen LogP contribution < -0.4 is 0 Å². The molecule has 0 aliphatic carbocycles. The van der Waals surface area contributed by atoms with Gasteiger partial charge in [0.05, 0.1) is 11.2 Å². The summed E-state index contributed by atoms with van der Waals surface area (Å²) in [7, 11) is 0. The summed E-state index contributed by atoms with van der Waals surface area (Å²) in [6.07, 6.45) is 1.32. The Labute approximate surface area is 116 Å². The maximum absolute atomic E-state index is 12.1. The van der Waals surface area contributed by atoms with Crippen LogP contribution in [0.2, 0.25) is 5.02 Å². The number of alkyl halides is 1. The molecular formula is C12H9BrClNO3. The molecule has 0 fully saturated rings. The SMILES string of the molecule is O=C(O)CC(Br)C(=O)c1c[nH]c2cc(Cl)ccc12. The number of aromatic nitrogens is 1. The largest absolute Gasteiger partial charge is 0.481 e. The molecule has 0 aliphatic rings. The number of carbonyl (C=O) groups is 2. The highest BCUT2D eigenvalue weighted by Gasteiger charge is 2.22. The Balaban J connectivity index is 2.36. The molecule has 0 radical (unpaired) electrons. The molecule has 1 atom stereocenters. The molecule has 18 heavy (non-hydrogen) atoms. The Morgan fingerprint density at radius 2 is 2.17 bits per heavy atom. The molecule has 0 spiro atoms. The summed E-state index contributed by atoms with van der Waals surface area (Å²) >= 11 is 8.94. The molecule has 1 aromatic heterocycles. The van der Waals surface area contributed by atoms with Crippen LogP contribution in [-0.4, -0.2) is 26.7 Å². The molecule has 1 unspecified atom stereocenters.